The van der Waals surface area contributed by atoms with E-state index < -0.39 is 5.79 Å². The van der Waals surface area contributed by atoms with Gasteiger partial charge in [-0.25, -0.2) is 0 Å². The fourth-order valence-corrected chi connectivity index (χ4v) is 6.18. The third-order valence-electron chi connectivity index (χ3n) is 7.98. The molecule has 2 fully saturated rings. The number of pyridine rings is 1. The normalized spacial score (nSPS) is 24.1. The number of nitrogens with zero attached hydrogens (tertiary/aromatic N) is 1. The number of nitrogens with one attached hydrogen (secondary N) is 1. The second kappa shape index (κ2) is 8.74. The van der Waals surface area contributed by atoms with Gasteiger partial charge in [0.2, 0.25) is 0 Å². The van der Waals surface area contributed by atoms with Crippen LogP contribution in [0.3, 0.4) is 0 Å². The van der Waals surface area contributed by atoms with E-state index in [-0.39, 0.29) is 11.3 Å². The number of hydrogen-bond acceptors (Lipinski definition) is 4. The van der Waals surface area contributed by atoms with Crippen molar-refractivity contribution in [3.05, 3.63) is 101 Å². The Morgan fingerprint density at radius 3 is 2.69 bits per heavy atom. The Balaban J connectivity index is 1.35. The third-order valence-corrected chi connectivity index (χ3v) is 7.98. The van der Waals surface area contributed by atoms with Gasteiger partial charge in [-0.15, -0.1) is 0 Å². The number of aryl methyl sites for hydroxylation is 1. The lowest BCUT2D eigenvalue weighted by atomic mass is 9.56. The Morgan fingerprint density at radius 1 is 1.06 bits per heavy atom. The van der Waals surface area contributed by atoms with Crippen molar-refractivity contribution in [2.45, 2.75) is 43.8 Å². The van der Waals surface area contributed by atoms with Gasteiger partial charge in [0.05, 0.1) is 24.6 Å². The van der Waals surface area contributed by atoms with E-state index in [0.29, 0.717) is 24.7 Å². The van der Waals surface area contributed by atoms with Crippen LogP contribution in [-0.4, -0.2) is 29.9 Å². The highest BCUT2D eigenvalue weighted by Crippen LogP contribution is 2.54. The molecule has 0 bridgehead atoms. The molecule has 178 valence electrons. The van der Waals surface area contributed by atoms with Crippen LogP contribution in [0.1, 0.15) is 52.0 Å². The molecule has 0 unspecified atom stereocenters. The van der Waals surface area contributed by atoms with Crippen molar-refractivity contribution in [3.63, 3.8) is 0 Å². The summed E-state index contributed by atoms with van der Waals surface area (Å²) in [5.41, 5.74) is 5.90. The van der Waals surface area contributed by atoms with E-state index in [4.69, 9.17) is 9.47 Å². The molecule has 1 saturated carbocycles. The number of allylic oxidation sites excluding steroid dienone is 1. The number of carbonyl (C=O) groups excluding carboxylic acids is 1. The zero-order chi connectivity index (χ0) is 23.9. The molecule has 2 atom stereocenters. The smallest absolute Gasteiger partial charge is 0.255 e. The molecule has 1 amide bonds. The first-order valence-electron chi connectivity index (χ1n) is 12.4. The second-order valence-electron chi connectivity index (χ2n) is 9.99. The van der Waals surface area contributed by atoms with E-state index in [9.17, 15) is 4.79 Å². The summed E-state index contributed by atoms with van der Waals surface area (Å²) in [6, 6.07) is 20.6. The average molecular weight is 467 g/mol. The summed E-state index contributed by atoms with van der Waals surface area (Å²) in [7, 11) is 0. The molecule has 1 spiro atoms. The molecule has 2 aromatic carbocycles. The maximum absolute atomic E-state index is 13.1. The van der Waals surface area contributed by atoms with Crippen LogP contribution in [0.5, 0.6) is 0 Å². The molecule has 2 aliphatic carbocycles. The first-order chi connectivity index (χ1) is 17.1. The summed E-state index contributed by atoms with van der Waals surface area (Å²) in [5.74, 6) is -0.264. The predicted molar refractivity (Wildman–Crippen MR) is 136 cm³/mol. The van der Waals surface area contributed by atoms with Gasteiger partial charge in [-0.1, -0.05) is 48.6 Å². The van der Waals surface area contributed by atoms with Gasteiger partial charge in [0, 0.05) is 30.0 Å². The molecule has 6 rings (SSSR count). The van der Waals surface area contributed by atoms with Gasteiger partial charge < -0.3 is 14.8 Å². The van der Waals surface area contributed by atoms with Crippen molar-refractivity contribution in [1.29, 1.82) is 0 Å². The summed E-state index contributed by atoms with van der Waals surface area (Å²) in [4.78, 5) is 17.4. The molecule has 5 heteroatoms. The largest absolute Gasteiger partial charge is 0.348 e. The van der Waals surface area contributed by atoms with Gasteiger partial charge in [-0.05, 0) is 66.6 Å². The van der Waals surface area contributed by atoms with Crippen LogP contribution in [0.4, 0.5) is 5.69 Å². The summed E-state index contributed by atoms with van der Waals surface area (Å²) in [6.45, 7) is 3.24. The number of ether oxygens (including phenoxy) is 2. The molecule has 3 aromatic rings. The van der Waals surface area contributed by atoms with Crippen LogP contribution in [0.15, 0.2) is 72.9 Å². The topological polar surface area (TPSA) is 60.5 Å². The highest BCUT2D eigenvalue weighted by Gasteiger charge is 2.53. The Morgan fingerprint density at radius 2 is 1.89 bits per heavy atom. The number of hydrogen-bond donors (Lipinski definition) is 1. The second-order valence-corrected chi connectivity index (χ2v) is 9.99. The van der Waals surface area contributed by atoms with E-state index in [1.165, 1.54) is 11.1 Å². The maximum Gasteiger partial charge on any atom is 0.255 e. The minimum Gasteiger partial charge on any atom is -0.348 e. The van der Waals surface area contributed by atoms with E-state index in [2.05, 4.69) is 58.9 Å². The Kier molecular flexibility index (Phi) is 5.54. The fourth-order valence-electron chi connectivity index (χ4n) is 6.18. The lowest BCUT2D eigenvalue weighted by Gasteiger charge is -2.51. The third kappa shape index (κ3) is 3.99. The van der Waals surface area contributed by atoms with Gasteiger partial charge in [-0.3, -0.25) is 9.78 Å². The van der Waals surface area contributed by atoms with Gasteiger partial charge in [0.15, 0.2) is 5.79 Å². The number of anilines is 1. The lowest BCUT2D eigenvalue weighted by molar-refractivity contribution is -0.194. The van der Waals surface area contributed by atoms with Crippen LogP contribution >= 0.6 is 0 Å². The predicted octanol–water partition coefficient (Wildman–Crippen LogP) is 5.69. The van der Waals surface area contributed by atoms with Gasteiger partial charge in [0.1, 0.15) is 0 Å². The van der Waals surface area contributed by atoms with Crippen molar-refractivity contribution in [2.75, 3.05) is 18.5 Å². The molecule has 1 aromatic heterocycles. The van der Waals surface area contributed by atoms with Gasteiger partial charge in [0.25, 0.3) is 5.91 Å². The standard InChI is InChI=1S/C30H30N2O3/c1-21-27(8-5-15-31-21)32-28(33)24-10-12-26-23(18-24)9-11-25-20-30(34-16-17-35-30)14-13-29(25,26)19-22-6-3-2-4-7-22/h2-12,15,18,25H,13-14,16-17,19-20H2,1H3,(H,32,33)/t25-,29-/m0/s1. The van der Waals surface area contributed by atoms with Gasteiger partial charge >= 0.3 is 0 Å². The highest BCUT2D eigenvalue weighted by atomic mass is 16.7. The molecule has 35 heavy (non-hydrogen) atoms. The zero-order valence-electron chi connectivity index (χ0n) is 20.0. The Labute approximate surface area is 206 Å². The minimum atomic E-state index is -0.450. The number of carbonyl (C=O) groups is 1. The van der Waals surface area contributed by atoms with Crippen molar-refractivity contribution in [1.82, 2.24) is 4.98 Å². The van der Waals surface area contributed by atoms with Crippen LogP contribution in [0, 0.1) is 12.8 Å². The summed E-state index contributed by atoms with van der Waals surface area (Å²) in [6.07, 6.45) is 9.90. The molecular weight excluding hydrogens is 436 g/mol. The van der Waals surface area contributed by atoms with Crippen LogP contribution in [-0.2, 0) is 21.3 Å². The molecule has 0 radical (unpaired) electrons. The quantitative estimate of drug-likeness (QED) is 0.536. The molecule has 2 heterocycles. The fraction of sp³-hybridized carbons (Fsp3) is 0.333. The maximum atomic E-state index is 13.1. The highest BCUT2D eigenvalue weighted by molar-refractivity contribution is 6.05. The van der Waals surface area contributed by atoms with Crippen molar-refractivity contribution in [2.24, 2.45) is 5.92 Å². The van der Waals surface area contributed by atoms with Crippen LogP contribution in [0.2, 0.25) is 0 Å². The Hall–Kier alpha value is -3.28. The SMILES string of the molecule is Cc1ncccc1NC(=O)c1ccc2c(c1)C=C[C@H]1CC3(CC[C@@]21Cc1ccccc1)OCCO3. The molecule has 3 aliphatic rings. The zero-order valence-corrected chi connectivity index (χ0v) is 20.0. The Bertz CT molecular complexity index is 1280. The molecule has 1 aliphatic heterocycles. The minimum absolute atomic E-state index is 0.0546. The van der Waals surface area contributed by atoms with Gasteiger partial charge in [-0.2, -0.15) is 0 Å². The monoisotopic (exact) mass is 466 g/mol. The molecule has 1 N–H and O–H groups in total. The van der Waals surface area contributed by atoms with E-state index >= 15 is 0 Å². The number of amides is 1. The number of aromatic nitrogens is 1. The average Bonchev–Trinajstić information content (AvgIpc) is 3.34. The lowest BCUT2D eigenvalue weighted by Crippen LogP contribution is -2.50. The number of rotatable bonds is 4. The van der Waals surface area contributed by atoms with Crippen molar-refractivity contribution >= 4 is 17.7 Å². The van der Waals surface area contributed by atoms with E-state index in [1.807, 2.05) is 31.2 Å². The van der Waals surface area contributed by atoms with Crippen LogP contribution in [0.25, 0.3) is 6.08 Å². The summed E-state index contributed by atoms with van der Waals surface area (Å²) >= 11 is 0. The van der Waals surface area contributed by atoms with Crippen molar-refractivity contribution < 1.29 is 14.3 Å². The summed E-state index contributed by atoms with van der Waals surface area (Å²) < 4.78 is 12.2. The molecular formula is C30H30N2O3. The first kappa shape index (κ1) is 22.2. The first-order valence-corrected chi connectivity index (χ1v) is 12.4. The van der Waals surface area contributed by atoms with E-state index in [0.717, 1.165) is 42.6 Å². The van der Waals surface area contributed by atoms with Crippen LogP contribution < -0.4 is 5.32 Å². The number of benzene rings is 2. The molecule has 5 nitrogen and oxygen atoms in total. The summed E-state index contributed by atoms with van der Waals surface area (Å²) in [5, 5.41) is 3.01. The van der Waals surface area contributed by atoms with E-state index in [1.54, 1.807) is 6.20 Å². The molecule has 1 saturated heterocycles. The number of fused-ring (bicyclic) bond motifs is 3. The van der Waals surface area contributed by atoms with Crippen molar-refractivity contribution in [3.8, 4) is 0 Å².